The van der Waals surface area contributed by atoms with Gasteiger partial charge >= 0.3 is 6.03 Å². The predicted molar refractivity (Wildman–Crippen MR) is 108 cm³/mol. The van der Waals surface area contributed by atoms with Gasteiger partial charge in [0.2, 0.25) is 5.91 Å². The molecule has 2 heterocycles. The molecule has 1 saturated heterocycles. The maximum absolute atomic E-state index is 12.7. The largest absolute Gasteiger partial charge is 0.352 e. The molecule has 1 fully saturated rings. The first-order valence-corrected chi connectivity index (χ1v) is 9.40. The van der Waals surface area contributed by atoms with Crippen molar-refractivity contribution in [1.29, 1.82) is 0 Å². The van der Waals surface area contributed by atoms with E-state index in [9.17, 15) is 14.4 Å². The van der Waals surface area contributed by atoms with Gasteiger partial charge in [0, 0.05) is 23.7 Å². The van der Waals surface area contributed by atoms with Crippen LogP contribution in [0.3, 0.4) is 0 Å². The molecule has 1 aliphatic heterocycles. The number of pyridine rings is 1. The Labute approximate surface area is 167 Å². The van der Waals surface area contributed by atoms with Gasteiger partial charge in [-0.25, -0.2) is 4.79 Å². The Kier molecular flexibility index (Phi) is 5.20. The molecule has 29 heavy (non-hydrogen) atoms. The normalized spacial score (nSPS) is 13.6. The van der Waals surface area contributed by atoms with Gasteiger partial charge in [0.15, 0.2) is 0 Å². The number of urea groups is 1. The zero-order valence-corrected chi connectivity index (χ0v) is 15.7. The topological polar surface area (TPSA) is 91.4 Å². The number of carbonyl (C=O) groups is 3. The van der Waals surface area contributed by atoms with Crippen molar-refractivity contribution >= 4 is 28.7 Å². The van der Waals surface area contributed by atoms with Gasteiger partial charge in [-0.3, -0.25) is 19.5 Å². The second-order valence-electron chi connectivity index (χ2n) is 6.79. The van der Waals surface area contributed by atoms with Gasteiger partial charge < -0.3 is 10.6 Å². The average molecular weight is 388 g/mol. The van der Waals surface area contributed by atoms with Crippen molar-refractivity contribution in [2.24, 2.45) is 0 Å². The summed E-state index contributed by atoms with van der Waals surface area (Å²) in [5.74, 6) is -0.533. The molecule has 4 amide bonds. The molecule has 0 saturated carbocycles. The number of aromatic nitrogens is 1. The van der Waals surface area contributed by atoms with E-state index in [0.29, 0.717) is 24.1 Å². The average Bonchev–Trinajstić information content (AvgIpc) is 3.06. The van der Waals surface area contributed by atoms with E-state index in [2.05, 4.69) is 15.6 Å². The molecular weight excluding hydrogens is 368 g/mol. The van der Waals surface area contributed by atoms with E-state index in [1.807, 2.05) is 30.3 Å². The molecule has 0 aliphatic carbocycles. The molecule has 2 N–H and O–H groups in total. The van der Waals surface area contributed by atoms with Crippen molar-refractivity contribution in [2.45, 2.75) is 13.0 Å². The molecule has 0 unspecified atom stereocenters. The van der Waals surface area contributed by atoms with Crippen molar-refractivity contribution in [2.75, 3.05) is 13.1 Å². The lowest BCUT2D eigenvalue weighted by Crippen LogP contribution is -2.32. The summed E-state index contributed by atoms with van der Waals surface area (Å²) in [5.41, 5.74) is 3.08. The zero-order chi connectivity index (χ0) is 20.2. The Morgan fingerprint density at radius 3 is 2.66 bits per heavy atom. The molecule has 7 nitrogen and oxygen atoms in total. The number of amides is 4. The summed E-state index contributed by atoms with van der Waals surface area (Å²) in [6.07, 6.45) is 2.41. The number of rotatable bonds is 6. The van der Waals surface area contributed by atoms with Gasteiger partial charge in [0.25, 0.3) is 5.91 Å². The molecule has 2 aromatic carbocycles. The van der Waals surface area contributed by atoms with Crippen molar-refractivity contribution in [1.82, 2.24) is 20.5 Å². The summed E-state index contributed by atoms with van der Waals surface area (Å²) >= 11 is 0. The van der Waals surface area contributed by atoms with Crippen LogP contribution in [0.1, 0.15) is 21.5 Å². The fourth-order valence-corrected chi connectivity index (χ4v) is 3.44. The molecular formula is C22H20N4O3. The van der Waals surface area contributed by atoms with E-state index >= 15 is 0 Å². The second kappa shape index (κ2) is 8.10. The lowest BCUT2D eigenvalue weighted by molar-refractivity contribution is -0.125. The number of carbonyl (C=O) groups excluding carboxylic acids is 3. The van der Waals surface area contributed by atoms with Crippen LogP contribution in [0.2, 0.25) is 0 Å². The van der Waals surface area contributed by atoms with Crippen LogP contribution in [-0.4, -0.2) is 40.8 Å². The van der Waals surface area contributed by atoms with Gasteiger partial charge in [-0.2, -0.15) is 0 Å². The van der Waals surface area contributed by atoms with Gasteiger partial charge in [-0.05, 0) is 29.7 Å². The number of para-hydroxylation sites is 1. The smallest absolute Gasteiger partial charge is 0.324 e. The van der Waals surface area contributed by atoms with Crippen LogP contribution >= 0.6 is 0 Å². The van der Waals surface area contributed by atoms with Crippen LogP contribution in [0.15, 0.2) is 60.8 Å². The van der Waals surface area contributed by atoms with E-state index in [4.69, 9.17) is 0 Å². The summed E-state index contributed by atoms with van der Waals surface area (Å²) in [6.45, 7) is 0.514. The summed E-state index contributed by atoms with van der Waals surface area (Å²) < 4.78 is 0. The van der Waals surface area contributed by atoms with E-state index in [-0.39, 0.29) is 24.9 Å². The van der Waals surface area contributed by atoms with Crippen molar-refractivity contribution in [3.05, 3.63) is 77.5 Å². The van der Waals surface area contributed by atoms with Crippen LogP contribution in [0.4, 0.5) is 4.79 Å². The highest BCUT2D eigenvalue weighted by atomic mass is 16.2. The predicted octanol–water partition coefficient (Wildman–Crippen LogP) is 2.26. The molecule has 0 radical (unpaired) electrons. The Hall–Kier alpha value is -3.74. The number of nitrogens with zero attached hydrogens (tertiary/aromatic N) is 2. The highest BCUT2D eigenvalue weighted by Gasteiger charge is 2.29. The molecule has 3 aromatic rings. The highest BCUT2D eigenvalue weighted by Crippen LogP contribution is 2.17. The highest BCUT2D eigenvalue weighted by molar-refractivity contribution is 6.02. The van der Waals surface area contributed by atoms with Gasteiger partial charge in [-0.15, -0.1) is 0 Å². The van der Waals surface area contributed by atoms with Crippen molar-refractivity contribution < 1.29 is 14.4 Å². The van der Waals surface area contributed by atoms with E-state index in [1.165, 1.54) is 0 Å². The Morgan fingerprint density at radius 2 is 1.83 bits per heavy atom. The van der Waals surface area contributed by atoms with Crippen LogP contribution in [-0.2, 0) is 17.8 Å². The Bertz CT molecular complexity index is 1070. The number of nitrogens with one attached hydrogen (secondary N) is 2. The molecule has 0 spiro atoms. The fraction of sp³-hybridized carbons (Fsp3) is 0.182. The van der Waals surface area contributed by atoms with Crippen LogP contribution in [0, 0.1) is 0 Å². The number of hydrogen-bond donors (Lipinski definition) is 2. The molecule has 0 bridgehead atoms. The third-order valence-electron chi connectivity index (χ3n) is 4.92. The molecule has 1 aromatic heterocycles. The Morgan fingerprint density at radius 1 is 1.03 bits per heavy atom. The van der Waals surface area contributed by atoms with Gasteiger partial charge in [0.1, 0.15) is 0 Å². The number of hydrogen-bond acceptors (Lipinski definition) is 4. The molecule has 1 aliphatic rings. The minimum absolute atomic E-state index is 0.00767. The number of benzene rings is 2. The molecule has 4 rings (SSSR count). The summed E-state index contributed by atoms with van der Waals surface area (Å²) in [4.78, 5) is 41.9. The third-order valence-corrected chi connectivity index (χ3v) is 4.92. The monoisotopic (exact) mass is 388 g/mol. The minimum Gasteiger partial charge on any atom is -0.352 e. The van der Waals surface area contributed by atoms with E-state index in [0.717, 1.165) is 21.4 Å². The molecule has 0 atom stereocenters. The standard InChI is InChI=1S/C22H20N4O3/c27-19-13-25-22(29)26(19)14-17-5-1-2-9-18(17)21(28)24-12-10-16-7-3-6-15-8-4-11-23-20(15)16/h1-9,11H,10,12-14H2,(H,24,28)(H,25,29). The van der Waals surface area contributed by atoms with Crippen LogP contribution in [0.25, 0.3) is 10.9 Å². The summed E-state index contributed by atoms with van der Waals surface area (Å²) in [6, 6.07) is 16.5. The maximum atomic E-state index is 12.7. The SMILES string of the molecule is O=C(NCCc1cccc2cccnc12)c1ccccc1CN1C(=O)CNC1=O. The first-order valence-electron chi connectivity index (χ1n) is 9.40. The maximum Gasteiger partial charge on any atom is 0.324 e. The first kappa shape index (κ1) is 18.6. The van der Waals surface area contributed by atoms with Crippen LogP contribution in [0.5, 0.6) is 0 Å². The van der Waals surface area contributed by atoms with Crippen molar-refractivity contribution in [3.63, 3.8) is 0 Å². The summed E-state index contributed by atoms with van der Waals surface area (Å²) in [5, 5.41) is 6.48. The molecule has 7 heteroatoms. The van der Waals surface area contributed by atoms with Gasteiger partial charge in [0.05, 0.1) is 18.6 Å². The minimum atomic E-state index is -0.436. The van der Waals surface area contributed by atoms with Crippen LogP contribution < -0.4 is 10.6 Å². The lowest BCUT2D eigenvalue weighted by Gasteiger charge is -2.15. The van der Waals surface area contributed by atoms with Gasteiger partial charge in [-0.1, -0.05) is 42.5 Å². The van der Waals surface area contributed by atoms with Crippen molar-refractivity contribution in [3.8, 4) is 0 Å². The first-order chi connectivity index (χ1) is 14.1. The summed E-state index contributed by atoms with van der Waals surface area (Å²) in [7, 11) is 0. The Balaban J connectivity index is 1.44. The number of imide groups is 1. The zero-order valence-electron chi connectivity index (χ0n) is 15.7. The molecule has 146 valence electrons. The van der Waals surface area contributed by atoms with E-state index < -0.39 is 6.03 Å². The van der Waals surface area contributed by atoms with E-state index in [1.54, 1.807) is 30.5 Å². The lowest BCUT2D eigenvalue weighted by atomic mass is 10.1. The second-order valence-corrected chi connectivity index (χ2v) is 6.79. The third kappa shape index (κ3) is 3.94. The quantitative estimate of drug-likeness (QED) is 0.634. The number of fused-ring (bicyclic) bond motifs is 1. The fourth-order valence-electron chi connectivity index (χ4n) is 3.44.